The number of esters is 1. The molecule has 0 saturated heterocycles. The first-order valence-electron chi connectivity index (χ1n) is 5.82. The maximum atomic E-state index is 11.7. The van der Waals surface area contributed by atoms with Crippen LogP contribution in [0.5, 0.6) is 0 Å². The van der Waals surface area contributed by atoms with Gasteiger partial charge in [0.15, 0.2) is 5.82 Å². The third kappa shape index (κ3) is 3.09. The second kappa shape index (κ2) is 5.51. The summed E-state index contributed by atoms with van der Waals surface area (Å²) in [6.45, 7) is 4.02. The molecule has 1 aromatic carbocycles. The molecule has 0 fully saturated rings. The normalized spacial score (nSPS) is 10.3. The van der Waals surface area contributed by atoms with E-state index in [0.29, 0.717) is 29.5 Å². The Labute approximate surface area is 110 Å². The molecule has 0 unspecified atom stereocenters. The Morgan fingerprint density at radius 2 is 2.21 bits per heavy atom. The molecule has 0 saturated carbocycles. The molecule has 0 aliphatic rings. The van der Waals surface area contributed by atoms with Crippen molar-refractivity contribution in [3.63, 3.8) is 0 Å². The van der Waals surface area contributed by atoms with Crippen LogP contribution < -0.4 is 5.32 Å². The van der Waals surface area contributed by atoms with E-state index in [1.54, 1.807) is 13.0 Å². The van der Waals surface area contributed by atoms with Crippen molar-refractivity contribution >= 4 is 11.7 Å². The van der Waals surface area contributed by atoms with E-state index in [-0.39, 0.29) is 5.97 Å². The van der Waals surface area contributed by atoms with E-state index in [1.807, 2.05) is 19.1 Å². The summed E-state index contributed by atoms with van der Waals surface area (Å²) in [6.07, 6.45) is 0. The standard InChI is InChI=1S/C13H15N3O3/c1-8-4-5-11(10(6-8)13(17)18-3)14-7-12-15-9(2)16-19-12/h4-6,14H,7H2,1-3H3. The molecule has 0 spiro atoms. The first kappa shape index (κ1) is 13.1. The minimum atomic E-state index is -0.382. The molecular weight excluding hydrogens is 246 g/mol. The summed E-state index contributed by atoms with van der Waals surface area (Å²) in [6, 6.07) is 5.51. The fourth-order valence-corrected chi connectivity index (χ4v) is 1.67. The number of rotatable bonds is 4. The number of carbonyl (C=O) groups excluding carboxylic acids is 1. The number of hydrogen-bond acceptors (Lipinski definition) is 6. The van der Waals surface area contributed by atoms with Gasteiger partial charge in [-0.3, -0.25) is 0 Å². The van der Waals surface area contributed by atoms with Crippen LogP contribution in [0, 0.1) is 13.8 Å². The van der Waals surface area contributed by atoms with Gasteiger partial charge in [0.05, 0.1) is 19.2 Å². The highest BCUT2D eigenvalue weighted by Crippen LogP contribution is 2.19. The Morgan fingerprint density at radius 3 is 2.84 bits per heavy atom. The van der Waals surface area contributed by atoms with Crippen LogP contribution in [-0.2, 0) is 11.3 Å². The molecule has 2 rings (SSSR count). The van der Waals surface area contributed by atoms with Gasteiger partial charge in [0.25, 0.3) is 0 Å². The number of anilines is 1. The monoisotopic (exact) mass is 261 g/mol. The number of methoxy groups -OCH3 is 1. The molecule has 100 valence electrons. The summed E-state index contributed by atoms with van der Waals surface area (Å²) in [5.74, 6) is 0.663. The van der Waals surface area contributed by atoms with Gasteiger partial charge >= 0.3 is 5.97 Å². The van der Waals surface area contributed by atoms with E-state index < -0.39 is 0 Å². The summed E-state index contributed by atoms with van der Waals surface area (Å²) in [4.78, 5) is 15.8. The highest BCUT2D eigenvalue weighted by Gasteiger charge is 2.12. The van der Waals surface area contributed by atoms with Crippen molar-refractivity contribution in [1.29, 1.82) is 0 Å². The fraction of sp³-hybridized carbons (Fsp3) is 0.308. The Balaban J connectivity index is 2.17. The minimum Gasteiger partial charge on any atom is -0.465 e. The molecule has 6 nitrogen and oxygen atoms in total. The lowest BCUT2D eigenvalue weighted by molar-refractivity contribution is 0.0601. The van der Waals surface area contributed by atoms with Crippen LogP contribution in [0.15, 0.2) is 22.7 Å². The van der Waals surface area contributed by atoms with Crippen molar-refractivity contribution < 1.29 is 14.1 Å². The van der Waals surface area contributed by atoms with Gasteiger partial charge in [-0.25, -0.2) is 4.79 Å². The quantitative estimate of drug-likeness (QED) is 0.849. The number of aryl methyl sites for hydroxylation is 2. The molecule has 2 aromatic rings. The third-order valence-electron chi connectivity index (χ3n) is 2.58. The number of nitrogens with zero attached hydrogens (tertiary/aromatic N) is 2. The number of aromatic nitrogens is 2. The summed E-state index contributed by atoms with van der Waals surface area (Å²) in [5, 5.41) is 6.79. The van der Waals surface area contributed by atoms with Gasteiger partial charge < -0.3 is 14.6 Å². The third-order valence-corrected chi connectivity index (χ3v) is 2.58. The number of hydrogen-bond donors (Lipinski definition) is 1. The zero-order valence-corrected chi connectivity index (χ0v) is 11.1. The second-order valence-corrected chi connectivity index (χ2v) is 4.13. The van der Waals surface area contributed by atoms with Gasteiger partial charge in [-0.2, -0.15) is 4.98 Å². The maximum absolute atomic E-state index is 11.7. The smallest absolute Gasteiger partial charge is 0.339 e. The van der Waals surface area contributed by atoms with Crippen LogP contribution in [-0.4, -0.2) is 23.2 Å². The van der Waals surface area contributed by atoms with Crippen LogP contribution in [0.2, 0.25) is 0 Å². The Bertz CT molecular complexity index is 593. The van der Waals surface area contributed by atoms with Crippen molar-refractivity contribution in [3.05, 3.63) is 41.0 Å². The van der Waals surface area contributed by atoms with Crippen LogP contribution in [0.25, 0.3) is 0 Å². The summed E-state index contributed by atoms with van der Waals surface area (Å²) >= 11 is 0. The Kier molecular flexibility index (Phi) is 3.79. The Morgan fingerprint density at radius 1 is 1.42 bits per heavy atom. The van der Waals surface area contributed by atoms with Gasteiger partial charge in [-0.1, -0.05) is 16.8 Å². The number of carbonyl (C=O) groups is 1. The van der Waals surface area contributed by atoms with Crippen LogP contribution >= 0.6 is 0 Å². The van der Waals surface area contributed by atoms with Crippen molar-refractivity contribution in [2.45, 2.75) is 20.4 Å². The Hall–Kier alpha value is -2.37. The van der Waals surface area contributed by atoms with Crippen LogP contribution in [0.1, 0.15) is 27.6 Å². The van der Waals surface area contributed by atoms with Crippen molar-refractivity contribution in [2.75, 3.05) is 12.4 Å². The molecule has 1 aromatic heterocycles. The van der Waals surface area contributed by atoms with E-state index in [9.17, 15) is 4.79 Å². The van der Waals surface area contributed by atoms with Crippen LogP contribution in [0.3, 0.4) is 0 Å². The summed E-state index contributed by atoms with van der Waals surface area (Å²) in [5.41, 5.74) is 2.15. The largest absolute Gasteiger partial charge is 0.465 e. The van der Waals surface area contributed by atoms with E-state index in [4.69, 9.17) is 9.26 Å². The van der Waals surface area contributed by atoms with Crippen LogP contribution in [0.4, 0.5) is 5.69 Å². The van der Waals surface area contributed by atoms with Gasteiger partial charge in [0.2, 0.25) is 5.89 Å². The SMILES string of the molecule is COC(=O)c1cc(C)ccc1NCc1nc(C)no1. The van der Waals surface area contributed by atoms with Crippen molar-refractivity contribution in [2.24, 2.45) is 0 Å². The van der Waals surface area contributed by atoms with Gasteiger partial charge in [-0.15, -0.1) is 0 Å². The predicted octanol–water partition coefficient (Wildman–Crippen LogP) is 2.09. The second-order valence-electron chi connectivity index (χ2n) is 4.13. The minimum absolute atomic E-state index is 0.355. The van der Waals surface area contributed by atoms with E-state index in [2.05, 4.69) is 15.5 Å². The average molecular weight is 261 g/mol. The molecule has 19 heavy (non-hydrogen) atoms. The number of nitrogens with one attached hydrogen (secondary N) is 1. The summed E-state index contributed by atoms with van der Waals surface area (Å²) < 4.78 is 9.75. The fourth-order valence-electron chi connectivity index (χ4n) is 1.67. The lowest BCUT2D eigenvalue weighted by atomic mass is 10.1. The molecular formula is C13H15N3O3. The van der Waals surface area contributed by atoms with E-state index in [0.717, 1.165) is 5.56 Å². The lowest BCUT2D eigenvalue weighted by Crippen LogP contribution is -2.08. The van der Waals surface area contributed by atoms with Crippen molar-refractivity contribution in [3.8, 4) is 0 Å². The summed E-state index contributed by atoms with van der Waals surface area (Å²) in [7, 11) is 1.36. The first-order valence-corrected chi connectivity index (χ1v) is 5.82. The number of ether oxygens (including phenoxy) is 1. The van der Waals surface area contributed by atoms with Crippen molar-refractivity contribution in [1.82, 2.24) is 10.1 Å². The molecule has 1 N–H and O–H groups in total. The zero-order chi connectivity index (χ0) is 13.8. The molecule has 0 bridgehead atoms. The number of benzene rings is 1. The molecule has 0 aliphatic heterocycles. The highest BCUT2D eigenvalue weighted by molar-refractivity contribution is 5.95. The predicted molar refractivity (Wildman–Crippen MR) is 68.9 cm³/mol. The maximum Gasteiger partial charge on any atom is 0.339 e. The highest BCUT2D eigenvalue weighted by atomic mass is 16.5. The molecule has 0 aliphatic carbocycles. The molecule has 0 radical (unpaired) electrons. The molecule has 0 atom stereocenters. The molecule has 0 amide bonds. The first-order chi connectivity index (χ1) is 9.10. The average Bonchev–Trinajstić information content (AvgIpc) is 2.82. The zero-order valence-electron chi connectivity index (χ0n) is 11.1. The van der Waals surface area contributed by atoms with Gasteiger partial charge in [0, 0.05) is 5.69 Å². The van der Waals surface area contributed by atoms with Gasteiger partial charge in [0.1, 0.15) is 0 Å². The van der Waals surface area contributed by atoms with E-state index in [1.165, 1.54) is 7.11 Å². The topological polar surface area (TPSA) is 77.2 Å². The molecule has 6 heteroatoms. The lowest BCUT2D eigenvalue weighted by Gasteiger charge is -2.09. The molecule has 1 heterocycles. The van der Waals surface area contributed by atoms with Gasteiger partial charge in [-0.05, 0) is 26.0 Å². The van der Waals surface area contributed by atoms with E-state index >= 15 is 0 Å².